The quantitative estimate of drug-likeness (QED) is 0.390. The van der Waals surface area contributed by atoms with E-state index in [1.165, 1.54) is 37.5 Å². The van der Waals surface area contributed by atoms with Crippen LogP contribution in [-0.2, 0) is 14.2 Å². The average Bonchev–Trinajstić information content (AvgIpc) is 3.02. The van der Waals surface area contributed by atoms with Gasteiger partial charge in [-0.3, -0.25) is 0 Å². The molecule has 4 rings (SSSR count). The molecule has 0 amide bonds. The zero-order valence-corrected chi connectivity index (χ0v) is 16.4. The van der Waals surface area contributed by atoms with Crippen molar-refractivity contribution < 1.29 is 49.6 Å². The second kappa shape index (κ2) is 8.16. The van der Waals surface area contributed by atoms with E-state index in [0.29, 0.717) is 5.56 Å². The lowest BCUT2D eigenvalue weighted by atomic mass is 9.97. The average molecular weight is 434 g/mol. The van der Waals surface area contributed by atoms with E-state index < -0.39 is 37.3 Å². The summed E-state index contributed by atoms with van der Waals surface area (Å²) in [5.41, 5.74) is 0.711. The lowest BCUT2D eigenvalue weighted by Crippen LogP contribution is -2.34. The summed E-state index contributed by atoms with van der Waals surface area (Å²) in [6, 6.07) is 4.42. The summed E-state index contributed by atoms with van der Waals surface area (Å²) in [5.74, 6) is -0.169. The number of allylic oxidation sites excluding steroid dienone is 2. The number of hydrogen-bond donors (Lipinski definition) is 6. The van der Waals surface area contributed by atoms with E-state index in [4.69, 9.17) is 18.9 Å². The Labute approximate surface area is 176 Å². The third-order valence-corrected chi connectivity index (χ3v) is 5.15. The van der Waals surface area contributed by atoms with Gasteiger partial charge in [-0.05, 0) is 24.3 Å². The fraction of sp³-hybridized carbons (Fsp3) is 0.333. The molecule has 0 saturated carbocycles. The van der Waals surface area contributed by atoms with Crippen LogP contribution in [0.3, 0.4) is 0 Å². The number of hydrogen-bond acceptors (Lipinski definition) is 10. The molecular weight excluding hydrogens is 412 g/mol. The monoisotopic (exact) mass is 434 g/mol. The van der Waals surface area contributed by atoms with E-state index >= 15 is 0 Å². The van der Waals surface area contributed by atoms with Gasteiger partial charge in [0.2, 0.25) is 6.29 Å². The van der Waals surface area contributed by atoms with Crippen LogP contribution in [0.25, 0.3) is 5.76 Å². The van der Waals surface area contributed by atoms with Crippen LogP contribution in [0.5, 0.6) is 11.5 Å². The molecule has 1 unspecified atom stereocenters. The molecule has 10 heteroatoms. The van der Waals surface area contributed by atoms with Crippen LogP contribution < -0.4 is 4.74 Å². The molecule has 31 heavy (non-hydrogen) atoms. The molecule has 5 atom stereocenters. The molecule has 3 aliphatic rings. The second-order valence-corrected chi connectivity index (χ2v) is 7.16. The first kappa shape index (κ1) is 21.1. The Morgan fingerprint density at radius 1 is 1.06 bits per heavy atom. The van der Waals surface area contributed by atoms with E-state index in [1.807, 2.05) is 0 Å². The Bertz CT molecular complexity index is 992. The number of phenols is 1. The smallest absolute Gasteiger partial charge is 0.229 e. The van der Waals surface area contributed by atoms with Gasteiger partial charge >= 0.3 is 0 Å². The lowest BCUT2D eigenvalue weighted by Gasteiger charge is -2.30. The van der Waals surface area contributed by atoms with Gasteiger partial charge in [0, 0.05) is 23.3 Å². The van der Waals surface area contributed by atoms with Crippen LogP contribution in [0, 0.1) is 0 Å². The highest BCUT2D eigenvalue weighted by atomic mass is 16.7. The lowest BCUT2D eigenvalue weighted by molar-refractivity contribution is -0.145. The number of phenolic OH excluding ortho intramolecular Hbond substituents is 1. The maximum absolute atomic E-state index is 10.2. The van der Waals surface area contributed by atoms with E-state index in [-0.39, 0.29) is 40.1 Å². The number of aromatic hydroxyl groups is 1. The molecule has 6 N–H and O–H groups in total. The largest absolute Gasteiger partial charge is 0.508 e. The number of ether oxygens (including phenoxy) is 4. The third-order valence-electron chi connectivity index (χ3n) is 5.15. The van der Waals surface area contributed by atoms with Crippen molar-refractivity contribution in [3.05, 3.63) is 64.8 Å². The molecule has 0 bridgehead atoms. The maximum Gasteiger partial charge on any atom is 0.229 e. The van der Waals surface area contributed by atoms with Crippen LogP contribution in [0.4, 0.5) is 0 Å². The van der Waals surface area contributed by atoms with Gasteiger partial charge < -0.3 is 49.6 Å². The van der Waals surface area contributed by atoms with Crippen LogP contribution in [0.1, 0.15) is 5.56 Å². The number of benzene rings is 1. The van der Waals surface area contributed by atoms with Crippen molar-refractivity contribution in [1.29, 1.82) is 0 Å². The van der Waals surface area contributed by atoms with E-state index in [0.717, 1.165) is 6.08 Å². The molecule has 1 aliphatic carbocycles. The highest BCUT2D eigenvalue weighted by Gasteiger charge is 2.45. The fourth-order valence-corrected chi connectivity index (χ4v) is 3.51. The Balaban J connectivity index is 1.77. The molecule has 166 valence electrons. The third kappa shape index (κ3) is 3.81. The molecule has 0 spiro atoms. The predicted octanol–water partition coefficient (Wildman–Crippen LogP) is 0.748. The van der Waals surface area contributed by atoms with E-state index in [1.54, 1.807) is 0 Å². The Kier molecular flexibility index (Phi) is 5.54. The van der Waals surface area contributed by atoms with Crippen molar-refractivity contribution >= 4 is 5.76 Å². The Morgan fingerprint density at radius 3 is 2.52 bits per heavy atom. The predicted molar refractivity (Wildman–Crippen MR) is 105 cm³/mol. The number of aliphatic hydroxyl groups is 5. The van der Waals surface area contributed by atoms with Gasteiger partial charge in [0.15, 0.2) is 23.0 Å². The van der Waals surface area contributed by atoms with Crippen molar-refractivity contribution in [2.45, 2.75) is 30.7 Å². The second-order valence-electron chi connectivity index (χ2n) is 7.16. The van der Waals surface area contributed by atoms with Crippen molar-refractivity contribution in [3.63, 3.8) is 0 Å². The first-order valence-corrected chi connectivity index (χ1v) is 9.43. The summed E-state index contributed by atoms with van der Waals surface area (Å²) in [5, 5.41) is 59.5. The summed E-state index contributed by atoms with van der Waals surface area (Å²) in [6.07, 6.45) is -2.03. The molecule has 1 saturated heterocycles. The molecular formula is C21H22O10. The number of methoxy groups -OCH3 is 1. The summed E-state index contributed by atoms with van der Waals surface area (Å²) in [4.78, 5) is 0. The maximum atomic E-state index is 10.2. The zero-order chi connectivity index (χ0) is 22.3. The molecule has 10 nitrogen and oxygen atoms in total. The first-order valence-electron chi connectivity index (χ1n) is 9.43. The van der Waals surface area contributed by atoms with Crippen LogP contribution in [0.2, 0.25) is 0 Å². The van der Waals surface area contributed by atoms with Crippen molar-refractivity contribution in [3.8, 4) is 11.5 Å². The first-order chi connectivity index (χ1) is 14.8. The highest BCUT2D eigenvalue weighted by Crippen LogP contribution is 2.39. The van der Waals surface area contributed by atoms with Gasteiger partial charge in [-0.25, -0.2) is 0 Å². The van der Waals surface area contributed by atoms with Crippen LogP contribution in [-0.4, -0.2) is 75.1 Å². The molecule has 1 fully saturated rings. The molecule has 0 aromatic heterocycles. The minimum Gasteiger partial charge on any atom is -0.508 e. The zero-order valence-electron chi connectivity index (χ0n) is 16.4. The summed E-state index contributed by atoms with van der Waals surface area (Å²) in [7, 11) is 1.38. The molecule has 1 aromatic carbocycles. The summed E-state index contributed by atoms with van der Waals surface area (Å²) in [6.45, 7) is -0.521. The number of fused-ring (bicyclic) bond motifs is 1. The molecule has 2 aliphatic heterocycles. The highest BCUT2D eigenvalue weighted by molar-refractivity contribution is 5.70. The van der Waals surface area contributed by atoms with Crippen molar-refractivity contribution in [2.75, 3.05) is 13.7 Å². The minimum absolute atomic E-state index is 0.0450. The molecule has 1 aromatic rings. The Morgan fingerprint density at radius 2 is 1.84 bits per heavy atom. The van der Waals surface area contributed by atoms with Gasteiger partial charge in [0.25, 0.3) is 0 Å². The number of rotatable bonds is 5. The standard InChI is InChI=1S/C21H22O10/c1-28-15-4-9(2-3-12(15)24)20-16(30-21-19(27)18(26)17(8-22)31-21)7-11-13(25)5-10(23)6-14(11)29-20/h2-7,14,17-19,21-27H,8H2,1H3/t14?,17-,18+,19-,21-/m1/s1. The van der Waals surface area contributed by atoms with Gasteiger partial charge in [0.1, 0.15) is 35.9 Å². The van der Waals surface area contributed by atoms with Crippen LogP contribution in [0.15, 0.2) is 59.3 Å². The van der Waals surface area contributed by atoms with Gasteiger partial charge in [-0.1, -0.05) is 0 Å². The Hall–Kier alpha value is -3.18. The van der Waals surface area contributed by atoms with Crippen molar-refractivity contribution in [2.24, 2.45) is 0 Å². The molecule has 2 heterocycles. The molecule has 0 radical (unpaired) electrons. The van der Waals surface area contributed by atoms with Crippen molar-refractivity contribution in [1.82, 2.24) is 0 Å². The topological polar surface area (TPSA) is 158 Å². The summed E-state index contributed by atoms with van der Waals surface area (Å²) >= 11 is 0. The summed E-state index contributed by atoms with van der Waals surface area (Å²) < 4.78 is 22.2. The van der Waals surface area contributed by atoms with Gasteiger partial charge in [0.05, 0.1) is 13.7 Å². The van der Waals surface area contributed by atoms with E-state index in [2.05, 4.69) is 0 Å². The SMILES string of the molecule is COc1cc(C2=C(O[C@@H]3O[C@H](CO)[C@H](O)[C@H]3O)C=C3C(O)=CC(O)=CC3O2)ccc1O. The minimum atomic E-state index is -1.45. The number of aliphatic hydroxyl groups excluding tert-OH is 5. The fourth-order valence-electron chi connectivity index (χ4n) is 3.51. The van der Waals surface area contributed by atoms with Crippen LogP contribution >= 0.6 is 0 Å². The van der Waals surface area contributed by atoms with Gasteiger partial charge in [-0.2, -0.15) is 0 Å². The normalized spacial score (nSPS) is 30.1. The van der Waals surface area contributed by atoms with E-state index in [9.17, 15) is 30.6 Å². The van der Waals surface area contributed by atoms with Gasteiger partial charge in [-0.15, -0.1) is 0 Å².